The van der Waals surface area contributed by atoms with Crippen molar-refractivity contribution in [2.24, 2.45) is 0 Å². The molecule has 0 spiro atoms. The van der Waals surface area contributed by atoms with Crippen LogP contribution in [0.4, 0.5) is 0 Å². The van der Waals surface area contributed by atoms with Gasteiger partial charge in [-0.3, -0.25) is 13.2 Å². The lowest BCUT2D eigenvalue weighted by atomic mass is 9.95. The zero-order valence-corrected chi connectivity index (χ0v) is 30.4. The zero-order valence-electron chi connectivity index (χ0n) is 30.4. The quantitative estimate of drug-likeness (QED) is 0.182. The summed E-state index contributed by atoms with van der Waals surface area (Å²) in [6.07, 6.45) is 6.70. The number of para-hydroxylation sites is 6. The third-order valence-corrected chi connectivity index (χ3v) is 11.6. The molecule has 7 nitrogen and oxygen atoms in total. The smallest absolute Gasteiger partial charge is 0.145 e. The lowest BCUT2D eigenvalue weighted by Gasteiger charge is -2.16. The largest absolute Gasteiger partial charge is 0.298 e. The second-order valence-corrected chi connectivity index (χ2v) is 14.8. The lowest BCUT2D eigenvalue weighted by molar-refractivity contribution is 1.22. The molecule has 0 radical (unpaired) electrons. The molecular formula is C50H29N7. The second-order valence-electron chi connectivity index (χ2n) is 14.8. The third kappa shape index (κ3) is 4.30. The van der Waals surface area contributed by atoms with Crippen molar-refractivity contribution >= 4 is 82.4 Å². The van der Waals surface area contributed by atoms with Crippen molar-refractivity contribution in [1.82, 2.24) is 33.1 Å². The van der Waals surface area contributed by atoms with Crippen LogP contribution in [0.15, 0.2) is 176 Å². The summed E-state index contributed by atoms with van der Waals surface area (Å²) in [4.78, 5) is 20.9. The van der Waals surface area contributed by atoms with E-state index in [-0.39, 0.29) is 0 Å². The van der Waals surface area contributed by atoms with Gasteiger partial charge in [-0.2, -0.15) is 0 Å². The van der Waals surface area contributed by atoms with E-state index in [1.165, 1.54) is 0 Å². The highest BCUT2D eigenvalue weighted by Gasteiger charge is 2.20. The molecule has 7 heterocycles. The Labute approximate surface area is 324 Å². The Bertz CT molecular complexity index is 3420. The van der Waals surface area contributed by atoms with Gasteiger partial charge in [0.2, 0.25) is 0 Å². The van der Waals surface area contributed by atoms with Crippen molar-refractivity contribution < 1.29 is 0 Å². The van der Waals surface area contributed by atoms with Crippen molar-refractivity contribution in [3.8, 4) is 33.6 Å². The topological polar surface area (TPSA) is 64.8 Å². The normalized spacial score (nSPS) is 12.2. The highest BCUT2D eigenvalue weighted by atomic mass is 15.0. The number of aromatic nitrogens is 7. The van der Waals surface area contributed by atoms with Gasteiger partial charge in [0.05, 0.1) is 44.5 Å². The van der Waals surface area contributed by atoms with Gasteiger partial charge in [-0.25, -0.2) is 19.9 Å². The van der Waals surface area contributed by atoms with Crippen LogP contribution in [0.1, 0.15) is 0 Å². The average molecular weight is 728 g/mol. The Balaban J connectivity index is 1.18. The number of rotatable bonds is 3. The van der Waals surface area contributed by atoms with Gasteiger partial charge in [0.15, 0.2) is 0 Å². The summed E-state index contributed by atoms with van der Waals surface area (Å²) in [5, 5.41) is 6.57. The fourth-order valence-electron chi connectivity index (χ4n) is 9.03. The van der Waals surface area contributed by atoms with Gasteiger partial charge in [0.1, 0.15) is 16.9 Å². The van der Waals surface area contributed by atoms with E-state index in [2.05, 4.69) is 177 Å². The summed E-state index contributed by atoms with van der Waals surface area (Å²) >= 11 is 0. The van der Waals surface area contributed by atoms with E-state index in [0.717, 1.165) is 116 Å². The van der Waals surface area contributed by atoms with E-state index in [1.54, 1.807) is 0 Å². The molecule has 0 bridgehead atoms. The molecule has 0 atom stereocenters. The average Bonchev–Trinajstić information content (AvgIpc) is 3.97. The van der Waals surface area contributed by atoms with Gasteiger partial charge >= 0.3 is 0 Å². The van der Waals surface area contributed by atoms with Crippen LogP contribution in [-0.4, -0.2) is 33.1 Å². The van der Waals surface area contributed by atoms with Crippen LogP contribution >= 0.6 is 0 Å². The molecule has 13 aromatic rings. The molecule has 0 saturated heterocycles. The summed E-state index contributed by atoms with van der Waals surface area (Å²) in [6, 6.07) is 55.3. The number of fused-ring (bicyclic) bond motifs is 15. The van der Waals surface area contributed by atoms with E-state index < -0.39 is 0 Å². The van der Waals surface area contributed by atoms with E-state index in [4.69, 9.17) is 19.9 Å². The number of imidazole rings is 3. The standard InChI is InChI=1S/C50H29N7/c1-4-16-34-31(13-1)37(27-55-45-22-10-7-19-40(45)52-48(34)55)30-25-43(38-28-56-46-23-11-8-20-41(46)53-49(56)35-17-5-2-14-32(35)38)51-44(26-30)39-29-57-47-24-12-9-21-42(47)54-50(57)36-18-6-3-15-33(36)39/h1-29H. The molecule has 7 aromatic heterocycles. The molecular weight excluding hydrogens is 699 g/mol. The van der Waals surface area contributed by atoms with Gasteiger partial charge in [0.25, 0.3) is 0 Å². The fourth-order valence-corrected chi connectivity index (χ4v) is 9.03. The predicted molar refractivity (Wildman–Crippen MR) is 232 cm³/mol. The minimum absolute atomic E-state index is 0.873. The molecule has 0 amide bonds. The summed E-state index contributed by atoms with van der Waals surface area (Å²) < 4.78 is 6.68. The number of hydrogen-bond acceptors (Lipinski definition) is 4. The molecule has 0 fully saturated rings. The number of pyridine rings is 4. The van der Waals surface area contributed by atoms with Crippen molar-refractivity contribution in [1.29, 1.82) is 0 Å². The maximum atomic E-state index is 5.64. The van der Waals surface area contributed by atoms with Crippen LogP contribution in [0.2, 0.25) is 0 Å². The first-order chi connectivity index (χ1) is 28.2. The first-order valence-electron chi connectivity index (χ1n) is 19.1. The van der Waals surface area contributed by atoms with Crippen molar-refractivity contribution in [2.75, 3.05) is 0 Å². The van der Waals surface area contributed by atoms with Gasteiger partial charge in [-0.1, -0.05) is 109 Å². The molecule has 0 aliphatic heterocycles. The monoisotopic (exact) mass is 727 g/mol. The zero-order chi connectivity index (χ0) is 37.2. The molecule has 0 saturated carbocycles. The first-order valence-corrected chi connectivity index (χ1v) is 19.1. The molecule has 6 aromatic carbocycles. The van der Waals surface area contributed by atoms with Gasteiger partial charge < -0.3 is 0 Å². The molecule has 0 aliphatic carbocycles. The molecule has 264 valence electrons. The summed E-state index contributed by atoms with van der Waals surface area (Å²) in [6.45, 7) is 0. The Morgan fingerprint density at radius 3 is 1.02 bits per heavy atom. The summed E-state index contributed by atoms with van der Waals surface area (Å²) in [7, 11) is 0. The van der Waals surface area contributed by atoms with Crippen LogP contribution in [0.25, 0.3) is 116 Å². The highest BCUT2D eigenvalue weighted by Crippen LogP contribution is 2.41. The summed E-state index contributed by atoms with van der Waals surface area (Å²) in [5.74, 6) is 0. The first kappa shape index (κ1) is 30.4. The highest BCUT2D eigenvalue weighted by molar-refractivity contribution is 6.10. The minimum atomic E-state index is 0.873. The molecule has 0 aliphatic rings. The maximum absolute atomic E-state index is 5.64. The number of hydrogen-bond donors (Lipinski definition) is 0. The molecule has 0 unspecified atom stereocenters. The van der Waals surface area contributed by atoms with E-state index in [1.807, 2.05) is 12.1 Å². The third-order valence-electron chi connectivity index (χ3n) is 11.6. The van der Waals surface area contributed by atoms with E-state index in [0.29, 0.717) is 0 Å². The second kappa shape index (κ2) is 11.3. The number of benzene rings is 6. The number of nitrogens with zero attached hydrogens (tertiary/aromatic N) is 7. The van der Waals surface area contributed by atoms with Crippen LogP contribution in [0.3, 0.4) is 0 Å². The van der Waals surface area contributed by atoms with Crippen molar-refractivity contribution in [2.45, 2.75) is 0 Å². The van der Waals surface area contributed by atoms with Crippen LogP contribution in [0.5, 0.6) is 0 Å². The Hall–Kier alpha value is -7.90. The van der Waals surface area contributed by atoms with Gasteiger partial charge in [-0.05, 0) is 70.3 Å². The summed E-state index contributed by atoms with van der Waals surface area (Å²) in [5.41, 5.74) is 14.8. The Kier molecular flexibility index (Phi) is 6.04. The van der Waals surface area contributed by atoms with Crippen molar-refractivity contribution in [3.05, 3.63) is 176 Å². The Morgan fingerprint density at radius 1 is 0.298 bits per heavy atom. The maximum Gasteiger partial charge on any atom is 0.145 e. The SMILES string of the molecule is c1ccc2c(c1)nc1c3ccccc3c(-c3cc(-c4cn5c6ccccc6nc5c5ccccc45)nc(-c4cn5c6ccccc6nc5c5ccccc45)c3)cn21. The van der Waals surface area contributed by atoms with Crippen LogP contribution in [-0.2, 0) is 0 Å². The van der Waals surface area contributed by atoms with Gasteiger partial charge in [-0.15, -0.1) is 0 Å². The lowest BCUT2D eigenvalue weighted by Crippen LogP contribution is -1.98. The van der Waals surface area contributed by atoms with Crippen molar-refractivity contribution in [3.63, 3.8) is 0 Å². The van der Waals surface area contributed by atoms with E-state index in [9.17, 15) is 0 Å². The molecule has 57 heavy (non-hydrogen) atoms. The Morgan fingerprint density at radius 2 is 0.614 bits per heavy atom. The minimum Gasteiger partial charge on any atom is -0.298 e. The van der Waals surface area contributed by atoms with E-state index >= 15 is 0 Å². The van der Waals surface area contributed by atoms with Gasteiger partial charge in [0, 0.05) is 51.4 Å². The molecule has 0 N–H and O–H groups in total. The molecule has 7 heteroatoms. The van der Waals surface area contributed by atoms with Crippen LogP contribution in [0, 0.1) is 0 Å². The van der Waals surface area contributed by atoms with Crippen LogP contribution < -0.4 is 0 Å². The predicted octanol–water partition coefficient (Wildman–Crippen LogP) is 11.9. The molecule has 13 rings (SSSR count). The fraction of sp³-hybridized carbons (Fsp3) is 0.